The number of hydrogen-bond donors (Lipinski definition) is 2. The van der Waals surface area contributed by atoms with Gasteiger partial charge in [-0.05, 0) is 48.8 Å². The second kappa shape index (κ2) is 12.5. The van der Waals surface area contributed by atoms with Crippen LogP contribution in [0.1, 0.15) is 58.9 Å². The molecule has 0 spiro atoms. The first-order chi connectivity index (χ1) is 16.7. The lowest BCUT2D eigenvalue weighted by molar-refractivity contribution is -0.906. The number of benzene rings is 2. The average Bonchev–Trinajstić information content (AvgIpc) is 2.86. The molecule has 0 radical (unpaired) electrons. The van der Waals surface area contributed by atoms with Crippen molar-refractivity contribution in [2.24, 2.45) is 11.3 Å². The van der Waals surface area contributed by atoms with E-state index in [0.717, 1.165) is 36.9 Å². The highest BCUT2D eigenvalue weighted by Gasteiger charge is 2.49. The maximum Gasteiger partial charge on any atom is 0.328 e. The minimum absolute atomic E-state index is 0.228. The van der Waals surface area contributed by atoms with Crippen molar-refractivity contribution in [2.45, 2.75) is 58.9 Å². The molecule has 0 amide bonds. The quantitative estimate of drug-likeness (QED) is 0.518. The highest BCUT2D eigenvalue weighted by Crippen LogP contribution is 2.40. The summed E-state index contributed by atoms with van der Waals surface area (Å²) < 4.78 is 5.73. The first-order valence-corrected chi connectivity index (χ1v) is 13.3. The number of quaternary nitrogens is 1. The number of carboxylic acid groups (broad SMARTS) is 1. The maximum atomic E-state index is 11.6. The number of nitrogens with zero attached hydrogens (tertiary/aromatic N) is 1. The number of aliphatic carboxylic acids is 1. The van der Waals surface area contributed by atoms with Gasteiger partial charge in [0.15, 0.2) is 0 Å². The lowest BCUT2D eigenvalue weighted by Crippen LogP contribution is -3.13. The van der Waals surface area contributed by atoms with Crippen LogP contribution in [0.15, 0.2) is 60.7 Å². The van der Waals surface area contributed by atoms with Crippen molar-refractivity contribution in [3.8, 4) is 5.75 Å². The van der Waals surface area contributed by atoms with Gasteiger partial charge < -0.3 is 14.7 Å². The molecule has 0 saturated carbocycles. The van der Waals surface area contributed by atoms with E-state index < -0.39 is 11.5 Å². The van der Waals surface area contributed by atoms with Gasteiger partial charge in [-0.2, -0.15) is 0 Å². The minimum Gasteiger partial charge on any atom is -0.493 e. The topological polar surface area (TPSA) is 54.2 Å². The van der Waals surface area contributed by atoms with E-state index >= 15 is 0 Å². The molecule has 1 atom stereocenters. The van der Waals surface area contributed by atoms with Crippen LogP contribution in [0.4, 0.5) is 0 Å². The fraction of sp³-hybridized carbons (Fsp3) is 0.567. The van der Waals surface area contributed by atoms with Crippen molar-refractivity contribution >= 4 is 5.97 Å². The summed E-state index contributed by atoms with van der Waals surface area (Å²) in [5.74, 6) is 1.21. The number of hydrogen-bond acceptors (Lipinski definition) is 3. The number of ether oxygens (including phenoxy) is 1. The number of carbonyl (C=O) groups is 1. The Labute approximate surface area is 212 Å². The second-order valence-electron chi connectivity index (χ2n) is 11.1. The van der Waals surface area contributed by atoms with Gasteiger partial charge in [-0.3, -0.25) is 4.90 Å². The number of likely N-dealkylation sites (tertiary alicyclic amines) is 2. The van der Waals surface area contributed by atoms with Gasteiger partial charge in [0.1, 0.15) is 11.3 Å². The van der Waals surface area contributed by atoms with Crippen LogP contribution in [-0.4, -0.2) is 55.3 Å². The molecule has 2 saturated heterocycles. The Morgan fingerprint density at radius 2 is 1.63 bits per heavy atom. The predicted octanol–water partition coefficient (Wildman–Crippen LogP) is 4.49. The fourth-order valence-corrected chi connectivity index (χ4v) is 5.28. The van der Waals surface area contributed by atoms with Crippen LogP contribution in [0.2, 0.25) is 0 Å². The van der Waals surface area contributed by atoms with Crippen molar-refractivity contribution in [1.29, 1.82) is 0 Å². The van der Waals surface area contributed by atoms with Gasteiger partial charge in [0, 0.05) is 19.5 Å². The van der Waals surface area contributed by atoms with Gasteiger partial charge in [0.25, 0.3) is 0 Å². The Hall–Kier alpha value is -2.37. The highest BCUT2D eigenvalue weighted by molar-refractivity contribution is 5.80. The third kappa shape index (κ3) is 7.55. The minimum atomic E-state index is -0.906. The molecule has 35 heavy (non-hydrogen) atoms. The third-order valence-electron chi connectivity index (χ3n) is 7.70. The van der Waals surface area contributed by atoms with E-state index in [0.29, 0.717) is 0 Å². The Morgan fingerprint density at radius 1 is 1.06 bits per heavy atom. The third-order valence-corrected chi connectivity index (χ3v) is 7.70. The summed E-state index contributed by atoms with van der Waals surface area (Å²) in [6.45, 7) is 14.9. The number of piperidine rings is 1. The molecule has 192 valence electrons. The summed E-state index contributed by atoms with van der Waals surface area (Å²) in [7, 11) is 0. The van der Waals surface area contributed by atoms with Crippen LogP contribution in [0.3, 0.4) is 0 Å². The summed E-state index contributed by atoms with van der Waals surface area (Å²) in [6, 6.07) is 19.6. The number of rotatable bonds is 9. The highest BCUT2D eigenvalue weighted by atomic mass is 16.5. The summed E-state index contributed by atoms with van der Waals surface area (Å²) in [5, 5.41) is 9.55. The van der Waals surface area contributed by atoms with Crippen LogP contribution in [0.25, 0.3) is 0 Å². The van der Waals surface area contributed by atoms with E-state index in [1.54, 1.807) is 11.8 Å². The molecule has 2 aromatic rings. The molecule has 4 rings (SSSR count). The van der Waals surface area contributed by atoms with Crippen molar-refractivity contribution < 1.29 is 19.5 Å². The molecule has 2 heterocycles. The van der Waals surface area contributed by atoms with Crippen LogP contribution >= 0.6 is 0 Å². The molecule has 2 fully saturated rings. The zero-order valence-corrected chi connectivity index (χ0v) is 22.1. The molecule has 2 aliphatic heterocycles. The van der Waals surface area contributed by atoms with Crippen molar-refractivity contribution in [3.05, 3.63) is 66.2 Å². The smallest absolute Gasteiger partial charge is 0.328 e. The second-order valence-corrected chi connectivity index (χ2v) is 11.1. The zero-order chi connectivity index (χ0) is 25.3. The SMILES string of the molecule is CC1(C)CN(C(C)(C(=O)O)c2ccccc2)C1.CCC1CC[NH+](CCCOc2ccccc2)CC1. The van der Waals surface area contributed by atoms with E-state index in [9.17, 15) is 9.90 Å². The maximum absolute atomic E-state index is 11.6. The van der Waals surface area contributed by atoms with E-state index in [2.05, 4.69) is 20.8 Å². The van der Waals surface area contributed by atoms with Crippen molar-refractivity contribution in [2.75, 3.05) is 39.3 Å². The summed E-state index contributed by atoms with van der Waals surface area (Å²) >= 11 is 0. The monoisotopic (exact) mass is 481 g/mol. The number of nitrogens with one attached hydrogen (secondary N) is 1. The number of carboxylic acids is 1. The van der Waals surface area contributed by atoms with Gasteiger partial charge in [-0.1, -0.05) is 75.7 Å². The van der Waals surface area contributed by atoms with Crippen LogP contribution in [-0.2, 0) is 10.3 Å². The van der Waals surface area contributed by atoms with E-state index in [1.807, 2.05) is 65.6 Å². The summed E-state index contributed by atoms with van der Waals surface area (Å²) in [4.78, 5) is 15.4. The zero-order valence-electron chi connectivity index (χ0n) is 22.1. The van der Waals surface area contributed by atoms with Crippen LogP contribution in [0.5, 0.6) is 5.75 Å². The van der Waals surface area contributed by atoms with Crippen molar-refractivity contribution in [3.63, 3.8) is 0 Å². The molecule has 5 nitrogen and oxygen atoms in total. The normalized spacial score (nSPS) is 23.2. The van der Waals surface area contributed by atoms with Crippen molar-refractivity contribution in [1.82, 2.24) is 4.90 Å². The molecule has 2 aromatic carbocycles. The lowest BCUT2D eigenvalue weighted by atomic mass is 9.77. The van der Waals surface area contributed by atoms with E-state index in [1.165, 1.54) is 45.3 Å². The van der Waals surface area contributed by atoms with E-state index in [4.69, 9.17) is 4.74 Å². The van der Waals surface area contributed by atoms with Gasteiger partial charge in [0.05, 0.1) is 26.2 Å². The lowest BCUT2D eigenvalue weighted by Gasteiger charge is -2.53. The fourth-order valence-electron chi connectivity index (χ4n) is 5.28. The molecule has 1 unspecified atom stereocenters. The summed E-state index contributed by atoms with van der Waals surface area (Å²) in [6.07, 6.45) is 5.38. The predicted molar refractivity (Wildman–Crippen MR) is 142 cm³/mol. The molecule has 2 aliphatic rings. The largest absolute Gasteiger partial charge is 0.493 e. The summed E-state index contributed by atoms with van der Waals surface area (Å²) in [5.41, 5.74) is 0.172. The molecule has 0 bridgehead atoms. The Morgan fingerprint density at radius 3 is 2.14 bits per heavy atom. The van der Waals surface area contributed by atoms with Gasteiger partial charge in [-0.25, -0.2) is 4.79 Å². The molecule has 5 heteroatoms. The Kier molecular flexibility index (Phi) is 9.76. The van der Waals surface area contributed by atoms with Crippen LogP contribution in [0, 0.1) is 11.3 Å². The van der Waals surface area contributed by atoms with Gasteiger partial charge in [-0.15, -0.1) is 0 Å². The molecule has 2 N–H and O–H groups in total. The van der Waals surface area contributed by atoms with E-state index in [-0.39, 0.29) is 5.41 Å². The Balaban J connectivity index is 0.000000196. The standard InChI is InChI=1S/C16H25NO.C14H19NO2/c1-2-15-9-12-17(13-10-15)11-6-14-18-16-7-4-3-5-8-16;1-13(2)9-15(10-13)14(3,12(16)17)11-7-5-4-6-8-11/h3-5,7-8,15H,2,6,9-14H2,1H3;4-8H,9-10H2,1-3H3,(H,16,17)/p+1. The van der Waals surface area contributed by atoms with Gasteiger partial charge >= 0.3 is 5.97 Å². The first kappa shape index (κ1) is 27.2. The first-order valence-electron chi connectivity index (χ1n) is 13.3. The average molecular weight is 482 g/mol. The van der Waals surface area contributed by atoms with Crippen LogP contribution < -0.4 is 9.64 Å². The molecule has 0 aliphatic carbocycles. The number of para-hydroxylation sites is 1. The van der Waals surface area contributed by atoms with Gasteiger partial charge in [0.2, 0.25) is 0 Å². The molecular formula is C30H45N2O3+. The Bertz CT molecular complexity index is 886. The molecular weight excluding hydrogens is 436 g/mol. The molecule has 0 aromatic heterocycles.